The van der Waals surface area contributed by atoms with Crippen LogP contribution in [0.1, 0.15) is 17.5 Å². The monoisotopic (exact) mass is 300 g/mol. The first-order chi connectivity index (χ1) is 8.96. The van der Waals surface area contributed by atoms with Crippen molar-refractivity contribution in [1.29, 1.82) is 0 Å². The highest BCUT2D eigenvalue weighted by molar-refractivity contribution is 7.88. The van der Waals surface area contributed by atoms with E-state index in [1.807, 2.05) is 0 Å². The van der Waals surface area contributed by atoms with Gasteiger partial charge in [-0.3, -0.25) is 0 Å². The van der Waals surface area contributed by atoms with Crippen LogP contribution in [-0.2, 0) is 20.5 Å². The second-order valence-electron chi connectivity index (χ2n) is 4.50. The van der Waals surface area contributed by atoms with Crippen LogP contribution in [0.15, 0.2) is 24.3 Å². The molecule has 7 heteroatoms. The summed E-state index contributed by atoms with van der Waals surface area (Å²) in [4.78, 5) is 0.261. The molecule has 5 nitrogen and oxygen atoms in total. The van der Waals surface area contributed by atoms with Gasteiger partial charge < -0.3 is 10.5 Å². The molecule has 2 rings (SSSR count). The Bertz CT molecular complexity index is 566. The fourth-order valence-corrected chi connectivity index (χ4v) is 3.48. The van der Waals surface area contributed by atoms with Crippen LogP contribution in [0.4, 0.5) is 0 Å². The van der Waals surface area contributed by atoms with Gasteiger partial charge in [-0.2, -0.15) is 0 Å². The van der Waals surface area contributed by atoms with Crippen LogP contribution in [0, 0.1) is 0 Å². The average molecular weight is 300 g/mol. The summed E-state index contributed by atoms with van der Waals surface area (Å²) in [6.07, 6.45) is 0.714. The van der Waals surface area contributed by atoms with Crippen molar-refractivity contribution in [3.05, 3.63) is 35.4 Å². The summed E-state index contributed by atoms with van der Waals surface area (Å²) in [6, 6.07) is 6.83. The number of thiocarbonyl (C=S) groups is 1. The number of rotatable bonds is 5. The zero-order chi connectivity index (χ0) is 13.9. The third kappa shape index (κ3) is 4.24. The molecule has 0 radical (unpaired) electrons. The van der Waals surface area contributed by atoms with Gasteiger partial charge in [-0.1, -0.05) is 30.4 Å². The van der Waals surface area contributed by atoms with Gasteiger partial charge in [-0.25, -0.2) is 13.1 Å². The number of hydrogen-bond acceptors (Lipinski definition) is 4. The van der Waals surface area contributed by atoms with Gasteiger partial charge in [0, 0.05) is 18.2 Å². The quantitative estimate of drug-likeness (QED) is 0.775. The zero-order valence-corrected chi connectivity index (χ0v) is 12.0. The molecule has 3 N–H and O–H groups in total. The first kappa shape index (κ1) is 14.4. The number of benzene rings is 1. The van der Waals surface area contributed by atoms with E-state index in [9.17, 15) is 8.42 Å². The minimum atomic E-state index is -3.37. The SMILES string of the molecule is NC(=S)c1cccc(CS(=O)(=O)NC2CCOC2)c1. The lowest BCUT2D eigenvalue weighted by molar-refractivity contribution is 0.192. The second kappa shape index (κ2) is 5.96. The molecule has 0 bridgehead atoms. The van der Waals surface area contributed by atoms with E-state index in [0.29, 0.717) is 30.8 Å². The van der Waals surface area contributed by atoms with Crippen molar-refractivity contribution >= 4 is 27.2 Å². The van der Waals surface area contributed by atoms with Gasteiger partial charge in [0.15, 0.2) is 0 Å². The van der Waals surface area contributed by atoms with Gasteiger partial charge in [0.25, 0.3) is 0 Å². The summed E-state index contributed by atoms with van der Waals surface area (Å²) in [5.74, 6) is -0.0834. The Morgan fingerprint density at radius 1 is 1.53 bits per heavy atom. The van der Waals surface area contributed by atoms with Crippen LogP contribution in [0.25, 0.3) is 0 Å². The summed E-state index contributed by atoms with van der Waals surface area (Å²) in [7, 11) is -3.37. The van der Waals surface area contributed by atoms with Gasteiger partial charge in [0.2, 0.25) is 10.0 Å². The van der Waals surface area contributed by atoms with Gasteiger partial charge in [-0.05, 0) is 18.1 Å². The average Bonchev–Trinajstić information content (AvgIpc) is 2.80. The third-order valence-electron chi connectivity index (χ3n) is 2.84. The Labute approximate surface area is 118 Å². The summed E-state index contributed by atoms with van der Waals surface area (Å²) in [5, 5.41) is 0. The van der Waals surface area contributed by atoms with Gasteiger partial charge in [0.05, 0.1) is 12.4 Å². The summed E-state index contributed by atoms with van der Waals surface area (Å²) < 4.78 is 31.8. The van der Waals surface area contributed by atoms with Gasteiger partial charge in [-0.15, -0.1) is 0 Å². The molecule has 1 saturated heterocycles. The highest BCUT2D eigenvalue weighted by Crippen LogP contribution is 2.11. The largest absolute Gasteiger partial charge is 0.389 e. The molecule has 0 aliphatic carbocycles. The summed E-state index contributed by atoms with van der Waals surface area (Å²) in [6.45, 7) is 1.04. The summed E-state index contributed by atoms with van der Waals surface area (Å²) >= 11 is 4.87. The molecule has 1 aromatic rings. The standard InChI is InChI=1S/C12H16N2O3S2/c13-12(18)10-3-1-2-9(6-10)8-19(15,16)14-11-4-5-17-7-11/h1-3,6,11,14H,4-5,7-8H2,(H2,13,18). The highest BCUT2D eigenvalue weighted by atomic mass is 32.2. The fourth-order valence-electron chi connectivity index (χ4n) is 1.96. The number of hydrogen-bond donors (Lipinski definition) is 2. The topological polar surface area (TPSA) is 81.4 Å². The third-order valence-corrected chi connectivity index (χ3v) is 4.49. The number of ether oxygens (including phenoxy) is 1. The number of sulfonamides is 1. The molecule has 0 saturated carbocycles. The molecule has 1 aromatic carbocycles. The van der Waals surface area contributed by atoms with Crippen LogP contribution in [-0.4, -0.2) is 32.7 Å². The van der Waals surface area contributed by atoms with Crippen LogP contribution in [0.5, 0.6) is 0 Å². The molecule has 1 atom stereocenters. The molecule has 1 aliphatic rings. The van der Waals surface area contributed by atoms with E-state index in [1.165, 1.54) is 0 Å². The molecule has 1 aliphatic heterocycles. The molecule has 0 amide bonds. The zero-order valence-electron chi connectivity index (χ0n) is 10.3. The fraction of sp³-hybridized carbons (Fsp3) is 0.417. The van der Waals surface area contributed by atoms with E-state index in [0.717, 1.165) is 0 Å². The van der Waals surface area contributed by atoms with Crippen molar-refractivity contribution in [1.82, 2.24) is 4.72 Å². The molecule has 1 unspecified atom stereocenters. The van der Waals surface area contributed by atoms with Crippen LogP contribution in [0.3, 0.4) is 0 Å². The summed E-state index contributed by atoms with van der Waals surface area (Å²) in [5.41, 5.74) is 6.86. The maximum atomic E-state index is 12.0. The van der Waals surface area contributed by atoms with Crippen LogP contribution in [0.2, 0.25) is 0 Å². The van der Waals surface area contributed by atoms with E-state index < -0.39 is 10.0 Å². The normalized spacial score (nSPS) is 19.5. The second-order valence-corrected chi connectivity index (χ2v) is 6.70. The van der Waals surface area contributed by atoms with Crippen molar-refractivity contribution in [2.24, 2.45) is 5.73 Å². The van der Waals surface area contributed by atoms with Crippen LogP contribution < -0.4 is 10.5 Å². The van der Waals surface area contributed by atoms with Gasteiger partial charge in [0.1, 0.15) is 4.99 Å². The van der Waals surface area contributed by atoms with Crippen molar-refractivity contribution in [2.45, 2.75) is 18.2 Å². The first-order valence-corrected chi connectivity index (χ1v) is 7.99. The Morgan fingerprint density at radius 2 is 2.32 bits per heavy atom. The molecular formula is C12H16N2O3S2. The minimum Gasteiger partial charge on any atom is -0.389 e. The minimum absolute atomic E-state index is 0.0834. The molecular weight excluding hydrogens is 284 g/mol. The smallest absolute Gasteiger partial charge is 0.216 e. The molecule has 0 spiro atoms. The Hall–Kier alpha value is -1.02. The molecule has 1 heterocycles. The lowest BCUT2D eigenvalue weighted by Crippen LogP contribution is -2.35. The lowest BCUT2D eigenvalue weighted by atomic mass is 10.1. The Balaban J connectivity index is 2.06. The van der Waals surface area contributed by atoms with E-state index in [1.54, 1.807) is 24.3 Å². The molecule has 19 heavy (non-hydrogen) atoms. The van der Waals surface area contributed by atoms with E-state index in [4.69, 9.17) is 22.7 Å². The number of nitrogens with two attached hydrogens (primary N) is 1. The molecule has 0 aromatic heterocycles. The molecule has 1 fully saturated rings. The van der Waals surface area contributed by atoms with Crippen molar-refractivity contribution < 1.29 is 13.2 Å². The van der Waals surface area contributed by atoms with Crippen LogP contribution >= 0.6 is 12.2 Å². The van der Waals surface area contributed by atoms with Gasteiger partial charge >= 0.3 is 0 Å². The Kier molecular flexibility index (Phi) is 4.51. The lowest BCUT2D eigenvalue weighted by Gasteiger charge is -2.11. The molecule has 104 valence electrons. The first-order valence-electron chi connectivity index (χ1n) is 5.93. The maximum absolute atomic E-state index is 12.0. The highest BCUT2D eigenvalue weighted by Gasteiger charge is 2.22. The van der Waals surface area contributed by atoms with E-state index in [2.05, 4.69) is 4.72 Å². The predicted octanol–water partition coefficient (Wildman–Crippen LogP) is 0.529. The maximum Gasteiger partial charge on any atom is 0.216 e. The van der Waals surface area contributed by atoms with E-state index >= 15 is 0 Å². The van der Waals surface area contributed by atoms with E-state index in [-0.39, 0.29) is 16.8 Å². The van der Waals surface area contributed by atoms with Crippen molar-refractivity contribution in [3.8, 4) is 0 Å². The predicted molar refractivity (Wildman–Crippen MR) is 77.3 cm³/mol. The van der Waals surface area contributed by atoms with Crippen molar-refractivity contribution in [2.75, 3.05) is 13.2 Å². The van der Waals surface area contributed by atoms with Crippen molar-refractivity contribution in [3.63, 3.8) is 0 Å². The Morgan fingerprint density at radius 3 is 2.95 bits per heavy atom. The number of nitrogens with one attached hydrogen (secondary N) is 1.